The van der Waals surface area contributed by atoms with Gasteiger partial charge >= 0.3 is 5.97 Å². The largest absolute Gasteiger partial charge is 0.493 e. The van der Waals surface area contributed by atoms with Crippen molar-refractivity contribution in [3.63, 3.8) is 0 Å². The Bertz CT molecular complexity index is 556. The standard InChI is InChI=1S/C17H22O4/c1-5-8-21-16-9-12(4)14(10-13(16)11(2)3)15(18)6-7-17(19)20/h6-7,9-11H,5,8H2,1-4H3,(H,19,20)/b7-6+. The summed E-state index contributed by atoms with van der Waals surface area (Å²) in [5.41, 5.74) is 2.26. The zero-order valence-electron chi connectivity index (χ0n) is 13.0. The summed E-state index contributed by atoms with van der Waals surface area (Å²) in [7, 11) is 0. The lowest BCUT2D eigenvalue weighted by molar-refractivity contribution is -0.131. The molecule has 0 saturated heterocycles. The summed E-state index contributed by atoms with van der Waals surface area (Å²) in [6.07, 6.45) is 2.86. The molecule has 0 radical (unpaired) electrons. The number of carbonyl (C=O) groups excluding carboxylic acids is 1. The number of hydrogen-bond donors (Lipinski definition) is 1. The third-order valence-corrected chi connectivity index (χ3v) is 3.08. The van der Waals surface area contributed by atoms with Crippen LogP contribution >= 0.6 is 0 Å². The van der Waals surface area contributed by atoms with Crippen LogP contribution in [0.1, 0.15) is 54.6 Å². The first-order valence-electron chi connectivity index (χ1n) is 7.09. The SMILES string of the molecule is CCCOc1cc(C)c(C(=O)/C=C/C(=O)O)cc1C(C)C. The molecule has 4 heteroatoms. The van der Waals surface area contributed by atoms with Gasteiger partial charge in [0.05, 0.1) is 6.61 Å². The summed E-state index contributed by atoms with van der Waals surface area (Å²) in [6.45, 7) is 8.56. The van der Waals surface area contributed by atoms with Crippen molar-refractivity contribution < 1.29 is 19.4 Å². The Morgan fingerprint density at radius 3 is 2.48 bits per heavy atom. The monoisotopic (exact) mass is 290 g/mol. The predicted molar refractivity (Wildman–Crippen MR) is 82.2 cm³/mol. The molecule has 0 spiro atoms. The van der Waals surface area contributed by atoms with Crippen LogP contribution in [0.4, 0.5) is 0 Å². The van der Waals surface area contributed by atoms with E-state index in [1.165, 1.54) is 0 Å². The fraction of sp³-hybridized carbons (Fsp3) is 0.412. The summed E-state index contributed by atoms with van der Waals surface area (Å²) < 4.78 is 5.74. The van der Waals surface area contributed by atoms with E-state index in [4.69, 9.17) is 9.84 Å². The van der Waals surface area contributed by atoms with Crippen molar-refractivity contribution in [3.05, 3.63) is 41.0 Å². The maximum atomic E-state index is 12.1. The fourth-order valence-corrected chi connectivity index (χ4v) is 1.99. The molecule has 0 aromatic heterocycles. The first-order valence-corrected chi connectivity index (χ1v) is 7.09. The van der Waals surface area contributed by atoms with E-state index in [9.17, 15) is 9.59 Å². The molecule has 1 aromatic rings. The van der Waals surface area contributed by atoms with E-state index in [-0.39, 0.29) is 11.7 Å². The Morgan fingerprint density at radius 2 is 1.95 bits per heavy atom. The molecule has 0 amide bonds. The van der Waals surface area contributed by atoms with Crippen LogP contribution in [0.2, 0.25) is 0 Å². The maximum absolute atomic E-state index is 12.1. The van der Waals surface area contributed by atoms with Crippen molar-refractivity contribution in [3.8, 4) is 5.75 Å². The van der Waals surface area contributed by atoms with Crippen molar-refractivity contribution in [2.45, 2.75) is 40.0 Å². The number of benzene rings is 1. The summed E-state index contributed by atoms with van der Waals surface area (Å²) in [5, 5.41) is 8.60. The Hall–Kier alpha value is -2.10. The Labute approximate surface area is 125 Å². The van der Waals surface area contributed by atoms with E-state index in [1.807, 2.05) is 33.8 Å². The molecule has 1 rings (SSSR count). The van der Waals surface area contributed by atoms with Gasteiger partial charge in [-0.15, -0.1) is 0 Å². The van der Waals surface area contributed by atoms with Gasteiger partial charge in [-0.2, -0.15) is 0 Å². The van der Waals surface area contributed by atoms with E-state index in [1.54, 1.807) is 6.07 Å². The average molecular weight is 290 g/mol. The number of aryl methyl sites for hydroxylation is 1. The molecule has 21 heavy (non-hydrogen) atoms. The summed E-state index contributed by atoms with van der Waals surface area (Å²) in [4.78, 5) is 22.6. The van der Waals surface area contributed by atoms with Gasteiger partial charge in [0, 0.05) is 11.6 Å². The molecule has 1 aromatic carbocycles. The second-order valence-corrected chi connectivity index (χ2v) is 5.24. The molecule has 0 fully saturated rings. The number of carboxylic acids is 1. The highest BCUT2D eigenvalue weighted by Crippen LogP contribution is 2.30. The molecule has 0 aliphatic rings. The van der Waals surface area contributed by atoms with Gasteiger partial charge in [-0.1, -0.05) is 20.8 Å². The number of carbonyl (C=O) groups is 2. The number of allylic oxidation sites excluding steroid dienone is 1. The highest BCUT2D eigenvalue weighted by molar-refractivity contribution is 6.08. The van der Waals surface area contributed by atoms with Crippen LogP contribution in [0.25, 0.3) is 0 Å². The summed E-state index contributed by atoms with van der Waals surface area (Å²) >= 11 is 0. The second-order valence-electron chi connectivity index (χ2n) is 5.24. The first kappa shape index (κ1) is 17.0. The smallest absolute Gasteiger partial charge is 0.328 e. The first-order chi connectivity index (χ1) is 9.86. The van der Waals surface area contributed by atoms with Gasteiger partial charge in [0.2, 0.25) is 0 Å². The normalized spacial score (nSPS) is 11.1. The van der Waals surface area contributed by atoms with Crippen molar-refractivity contribution in [2.75, 3.05) is 6.61 Å². The molecule has 0 aliphatic heterocycles. The van der Waals surface area contributed by atoms with Crippen LogP contribution in [0.3, 0.4) is 0 Å². The number of carboxylic acid groups (broad SMARTS) is 1. The Balaban J connectivity index is 3.20. The number of ether oxygens (including phenoxy) is 1. The molecule has 0 aliphatic carbocycles. The molecule has 114 valence electrons. The van der Waals surface area contributed by atoms with E-state index in [0.29, 0.717) is 12.2 Å². The zero-order chi connectivity index (χ0) is 16.0. The van der Waals surface area contributed by atoms with E-state index in [2.05, 4.69) is 0 Å². The quantitative estimate of drug-likeness (QED) is 0.614. The molecular formula is C17H22O4. The lowest BCUT2D eigenvalue weighted by atomic mass is 9.94. The van der Waals surface area contributed by atoms with Crippen LogP contribution in [0.15, 0.2) is 24.3 Å². The molecule has 0 saturated carbocycles. The van der Waals surface area contributed by atoms with Crippen molar-refractivity contribution in [2.24, 2.45) is 0 Å². The third kappa shape index (κ3) is 4.74. The van der Waals surface area contributed by atoms with Crippen LogP contribution in [0.5, 0.6) is 5.75 Å². The van der Waals surface area contributed by atoms with Crippen LogP contribution in [-0.4, -0.2) is 23.5 Å². The van der Waals surface area contributed by atoms with Gasteiger partial charge in [-0.3, -0.25) is 4.79 Å². The Morgan fingerprint density at radius 1 is 1.29 bits per heavy atom. The van der Waals surface area contributed by atoms with E-state index < -0.39 is 5.97 Å². The van der Waals surface area contributed by atoms with Gasteiger partial charge in [0.15, 0.2) is 5.78 Å². The van der Waals surface area contributed by atoms with Crippen LogP contribution < -0.4 is 4.74 Å². The molecule has 0 unspecified atom stereocenters. The highest BCUT2D eigenvalue weighted by Gasteiger charge is 2.15. The molecule has 1 N–H and O–H groups in total. The maximum Gasteiger partial charge on any atom is 0.328 e. The van der Waals surface area contributed by atoms with Gasteiger partial charge < -0.3 is 9.84 Å². The fourth-order valence-electron chi connectivity index (χ4n) is 1.99. The minimum absolute atomic E-state index is 0.215. The minimum atomic E-state index is -1.13. The topological polar surface area (TPSA) is 63.6 Å². The van der Waals surface area contributed by atoms with Crippen molar-refractivity contribution in [1.82, 2.24) is 0 Å². The Kier molecular flexibility index (Phi) is 6.15. The van der Waals surface area contributed by atoms with Crippen LogP contribution in [-0.2, 0) is 4.79 Å². The molecule has 0 bridgehead atoms. The van der Waals surface area contributed by atoms with Crippen molar-refractivity contribution >= 4 is 11.8 Å². The molecule has 0 atom stereocenters. The van der Waals surface area contributed by atoms with Gasteiger partial charge in [-0.05, 0) is 48.6 Å². The molecule has 0 heterocycles. The molecule has 4 nitrogen and oxygen atoms in total. The number of hydrogen-bond acceptors (Lipinski definition) is 3. The summed E-state index contributed by atoms with van der Waals surface area (Å²) in [6, 6.07) is 3.66. The number of rotatable bonds is 7. The number of aliphatic carboxylic acids is 1. The van der Waals surface area contributed by atoms with Gasteiger partial charge in [-0.25, -0.2) is 4.79 Å². The van der Waals surface area contributed by atoms with Crippen LogP contribution in [0, 0.1) is 6.92 Å². The number of ketones is 1. The lowest BCUT2D eigenvalue weighted by Gasteiger charge is -2.16. The highest BCUT2D eigenvalue weighted by atomic mass is 16.5. The lowest BCUT2D eigenvalue weighted by Crippen LogP contribution is -2.06. The second kappa shape index (κ2) is 7.62. The third-order valence-electron chi connectivity index (χ3n) is 3.08. The van der Waals surface area contributed by atoms with E-state index >= 15 is 0 Å². The predicted octanol–water partition coefficient (Wildman–Crippen LogP) is 3.73. The molecular weight excluding hydrogens is 268 g/mol. The van der Waals surface area contributed by atoms with E-state index in [0.717, 1.165) is 35.4 Å². The summed E-state index contributed by atoms with van der Waals surface area (Å²) in [5.74, 6) is -0.428. The minimum Gasteiger partial charge on any atom is -0.493 e. The van der Waals surface area contributed by atoms with Crippen molar-refractivity contribution in [1.29, 1.82) is 0 Å². The zero-order valence-corrected chi connectivity index (χ0v) is 13.0. The van der Waals surface area contributed by atoms with Gasteiger partial charge in [0.25, 0.3) is 0 Å². The average Bonchev–Trinajstić information content (AvgIpc) is 2.42. The van der Waals surface area contributed by atoms with Gasteiger partial charge in [0.1, 0.15) is 5.75 Å².